The minimum atomic E-state index is -0.632. The summed E-state index contributed by atoms with van der Waals surface area (Å²) in [5, 5.41) is 5.53. The summed E-state index contributed by atoms with van der Waals surface area (Å²) in [6.45, 7) is 1.23. The Morgan fingerprint density at radius 2 is 1.75 bits per heavy atom. The molecule has 0 aliphatic rings. The Morgan fingerprint density at radius 1 is 1.00 bits per heavy atom. The third kappa shape index (κ3) is 5.24. The SMILES string of the molecule is CC(NC(=O)COC(=O)COc1cccc(Cl)c1)c1cccc2ccccc12. The van der Waals surface area contributed by atoms with Crippen LogP contribution < -0.4 is 10.1 Å². The van der Waals surface area contributed by atoms with Crippen LogP contribution >= 0.6 is 11.6 Å². The largest absolute Gasteiger partial charge is 0.482 e. The number of rotatable bonds is 7. The van der Waals surface area contributed by atoms with Crippen molar-refractivity contribution in [3.05, 3.63) is 77.3 Å². The van der Waals surface area contributed by atoms with Crippen LogP contribution in [0.4, 0.5) is 0 Å². The van der Waals surface area contributed by atoms with Crippen LogP contribution in [0.1, 0.15) is 18.5 Å². The van der Waals surface area contributed by atoms with Crippen molar-refractivity contribution in [2.75, 3.05) is 13.2 Å². The van der Waals surface area contributed by atoms with Crippen molar-refractivity contribution in [2.45, 2.75) is 13.0 Å². The summed E-state index contributed by atoms with van der Waals surface area (Å²) >= 11 is 5.85. The second-order valence-electron chi connectivity index (χ2n) is 6.26. The fourth-order valence-corrected chi connectivity index (χ4v) is 3.06. The van der Waals surface area contributed by atoms with E-state index in [1.54, 1.807) is 24.3 Å². The van der Waals surface area contributed by atoms with Crippen LogP contribution in [0.3, 0.4) is 0 Å². The summed E-state index contributed by atoms with van der Waals surface area (Å²) in [6.07, 6.45) is 0. The number of amides is 1. The fraction of sp³-hybridized carbons (Fsp3) is 0.182. The Kier molecular flexibility index (Phi) is 6.50. The van der Waals surface area contributed by atoms with Gasteiger partial charge in [-0.15, -0.1) is 0 Å². The summed E-state index contributed by atoms with van der Waals surface area (Å²) in [5.41, 5.74) is 1.00. The normalized spacial score (nSPS) is 11.6. The Bertz CT molecular complexity index is 984. The Morgan fingerprint density at radius 3 is 2.57 bits per heavy atom. The van der Waals surface area contributed by atoms with Gasteiger partial charge in [-0.2, -0.15) is 0 Å². The lowest BCUT2D eigenvalue weighted by Crippen LogP contribution is -2.32. The molecule has 28 heavy (non-hydrogen) atoms. The van der Waals surface area contributed by atoms with E-state index in [0.717, 1.165) is 16.3 Å². The van der Waals surface area contributed by atoms with Gasteiger partial charge in [0.25, 0.3) is 5.91 Å². The van der Waals surface area contributed by atoms with Gasteiger partial charge >= 0.3 is 5.97 Å². The summed E-state index contributed by atoms with van der Waals surface area (Å²) in [4.78, 5) is 23.9. The molecule has 0 saturated heterocycles. The predicted molar refractivity (Wildman–Crippen MR) is 108 cm³/mol. The number of esters is 1. The third-order valence-corrected chi connectivity index (χ3v) is 4.42. The summed E-state index contributed by atoms with van der Waals surface area (Å²) in [6, 6.07) is 20.4. The molecule has 144 valence electrons. The number of carbonyl (C=O) groups is 2. The quantitative estimate of drug-likeness (QED) is 0.604. The average molecular weight is 398 g/mol. The van der Waals surface area contributed by atoms with E-state index in [-0.39, 0.29) is 25.2 Å². The molecule has 0 saturated carbocycles. The van der Waals surface area contributed by atoms with Gasteiger partial charge in [0.05, 0.1) is 6.04 Å². The number of benzene rings is 3. The molecule has 3 aromatic rings. The van der Waals surface area contributed by atoms with E-state index in [4.69, 9.17) is 21.1 Å². The minimum absolute atomic E-state index is 0.222. The van der Waals surface area contributed by atoms with Gasteiger partial charge in [-0.25, -0.2) is 4.79 Å². The van der Waals surface area contributed by atoms with Gasteiger partial charge in [-0.05, 0) is 41.5 Å². The zero-order valence-electron chi connectivity index (χ0n) is 15.4. The van der Waals surface area contributed by atoms with Crippen molar-refractivity contribution in [3.63, 3.8) is 0 Å². The van der Waals surface area contributed by atoms with Crippen LogP contribution in [0.15, 0.2) is 66.7 Å². The van der Waals surface area contributed by atoms with Crippen LogP contribution in [-0.4, -0.2) is 25.1 Å². The highest BCUT2D eigenvalue weighted by molar-refractivity contribution is 6.30. The molecule has 1 N–H and O–H groups in total. The zero-order chi connectivity index (χ0) is 19.9. The van der Waals surface area contributed by atoms with Gasteiger partial charge in [0.15, 0.2) is 13.2 Å². The molecule has 0 heterocycles. The van der Waals surface area contributed by atoms with Crippen LogP contribution in [0.5, 0.6) is 5.75 Å². The van der Waals surface area contributed by atoms with Crippen molar-refractivity contribution in [1.82, 2.24) is 5.32 Å². The molecule has 1 atom stereocenters. The fourth-order valence-electron chi connectivity index (χ4n) is 2.88. The lowest BCUT2D eigenvalue weighted by Gasteiger charge is -2.16. The van der Waals surface area contributed by atoms with Crippen molar-refractivity contribution < 1.29 is 19.1 Å². The van der Waals surface area contributed by atoms with Gasteiger partial charge < -0.3 is 14.8 Å². The molecule has 0 fully saturated rings. The molecule has 0 aliphatic heterocycles. The number of ether oxygens (including phenoxy) is 2. The first-order chi connectivity index (χ1) is 13.5. The number of fused-ring (bicyclic) bond motifs is 1. The standard InChI is InChI=1S/C22H20ClNO4/c1-15(19-11-4-7-16-6-2-3-10-20(16)19)24-21(25)13-28-22(26)14-27-18-9-5-8-17(23)12-18/h2-12,15H,13-14H2,1H3,(H,24,25). The van der Waals surface area contributed by atoms with E-state index < -0.39 is 5.97 Å². The average Bonchev–Trinajstić information content (AvgIpc) is 2.70. The van der Waals surface area contributed by atoms with Crippen LogP contribution in [0, 0.1) is 0 Å². The second kappa shape index (κ2) is 9.24. The molecule has 3 aromatic carbocycles. The van der Waals surface area contributed by atoms with Crippen LogP contribution in [0.2, 0.25) is 5.02 Å². The molecule has 3 rings (SSSR count). The van der Waals surface area contributed by atoms with Gasteiger partial charge in [0.1, 0.15) is 5.75 Å². The maximum Gasteiger partial charge on any atom is 0.344 e. The van der Waals surface area contributed by atoms with Gasteiger partial charge in [-0.1, -0.05) is 60.1 Å². The van der Waals surface area contributed by atoms with E-state index in [9.17, 15) is 9.59 Å². The predicted octanol–water partition coefficient (Wildman–Crippen LogP) is 4.29. The van der Waals surface area contributed by atoms with Crippen LogP contribution in [0.25, 0.3) is 10.8 Å². The summed E-state index contributed by atoms with van der Waals surface area (Å²) < 4.78 is 10.3. The molecule has 0 radical (unpaired) electrons. The van der Waals surface area contributed by atoms with Gasteiger partial charge in [-0.3, -0.25) is 4.79 Å². The van der Waals surface area contributed by atoms with Crippen molar-refractivity contribution in [2.24, 2.45) is 0 Å². The van der Waals surface area contributed by atoms with Gasteiger partial charge in [0, 0.05) is 5.02 Å². The highest BCUT2D eigenvalue weighted by atomic mass is 35.5. The number of carbonyl (C=O) groups excluding carboxylic acids is 2. The molecule has 1 amide bonds. The lowest BCUT2D eigenvalue weighted by molar-refractivity contribution is -0.150. The van der Waals surface area contributed by atoms with Gasteiger partial charge in [0.2, 0.25) is 0 Å². The number of nitrogens with one attached hydrogen (secondary N) is 1. The molecule has 5 nitrogen and oxygen atoms in total. The number of hydrogen-bond acceptors (Lipinski definition) is 4. The zero-order valence-corrected chi connectivity index (χ0v) is 16.1. The topological polar surface area (TPSA) is 64.6 Å². The first kappa shape index (κ1) is 19.7. The van der Waals surface area contributed by atoms with E-state index in [2.05, 4.69) is 5.32 Å². The highest BCUT2D eigenvalue weighted by Crippen LogP contribution is 2.24. The minimum Gasteiger partial charge on any atom is -0.482 e. The first-order valence-corrected chi connectivity index (χ1v) is 9.22. The van der Waals surface area contributed by atoms with Crippen molar-refractivity contribution in [1.29, 1.82) is 0 Å². The van der Waals surface area contributed by atoms with Crippen molar-refractivity contribution in [3.8, 4) is 5.75 Å². The summed E-state index contributed by atoms with van der Waals surface area (Å²) in [7, 11) is 0. The number of halogens is 1. The second-order valence-corrected chi connectivity index (χ2v) is 6.70. The Hall–Kier alpha value is -3.05. The summed E-state index contributed by atoms with van der Waals surface area (Å²) in [5.74, 6) is -0.553. The number of hydrogen-bond donors (Lipinski definition) is 1. The molecular formula is C22H20ClNO4. The maximum absolute atomic E-state index is 12.1. The first-order valence-electron chi connectivity index (χ1n) is 8.84. The smallest absolute Gasteiger partial charge is 0.344 e. The Labute approximate surface area is 168 Å². The van der Waals surface area contributed by atoms with E-state index >= 15 is 0 Å². The van der Waals surface area contributed by atoms with Crippen molar-refractivity contribution >= 4 is 34.2 Å². The molecule has 1 unspecified atom stereocenters. The molecule has 0 bridgehead atoms. The molecule has 0 spiro atoms. The third-order valence-electron chi connectivity index (χ3n) is 4.18. The van der Waals surface area contributed by atoms with E-state index in [1.165, 1.54) is 0 Å². The van der Waals surface area contributed by atoms with Crippen LogP contribution in [-0.2, 0) is 14.3 Å². The monoisotopic (exact) mass is 397 g/mol. The Balaban J connectivity index is 1.49. The molecular weight excluding hydrogens is 378 g/mol. The molecule has 0 aliphatic carbocycles. The molecule has 0 aromatic heterocycles. The van der Waals surface area contributed by atoms with E-state index in [0.29, 0.717) is 10.8 Å². The van der Waals surface area contributed by atoms with E-state index in [1.807, 2.05) is 49.4 Å². The highest BCUT2D eigenvalue weighted by Gasteiger charge is 2.14. The maximum atomic E-state index is 12.1. The molecule has 6 heteroatoms. The lowest BCUT2D eigenvalue weighted by atomic mass is 10.00.